The number of hydrogen-bond donors (Lipinski definition) is 0. The van der Waals surface area contributed by atoms with E-state index in [0.29, 0.717) is 23.6 Å². The molecule has 5 nitrogen and oxygen atoms in total. The fourth-order valence-electron chi connectivity index (χ4n) is 4.50. The molecular formula is C19H22F3N3O2S. The quantitative estimate of drug-likeness (QED) is 0.588. The van der Waals surface area contributed by atoms with Gasteiger partial charge in [-0.05, 0) is 62.0 Å². The highest BCUT2D eigenvalue weighted by molar-refractivity contribution is 6.99. The van der Waals surface area contributed by atoms with E-state index in [1.807, 2.05) is 18.3 Å². The smallest absolute Gasteiger partial charge is 0.389 e. The summed E-state index contributed by atoms with van der Waals surface area (Å²) in [5.41, 5.74) is 1.10. The summed E-state index contributed by atoms with van der Waals surface area (Å²) in [5.74, 6) is 2.13. The fraction of sp³-hybridized carbons (Fsp3) is 0.632. The lowest BCUT2D eigenvalue weighted by Crippen LogP contribution is -2.31. The highest BCUT2D eigenvalue weighted by Crippen LogP contribution is 2.51. The Bertz CT molecular complexity index is 771. The van der Waals surface area contributed by atoms with Crippen molar-refractivity contribution >= 4 is 11.7 Å². The third-order valence-corrected chi connectivity index (χ3v) is 6.12. The zero-order valence-corrected chi connectivity index (χ0v) is 16.1. The molecule has 2 aliphatic rings. The lowest BCUT2D eigenvalue weighted by molar-refractivity contribution is -0.136. The van der Waals surface area contributed by atoms with Gasteiger partial charge in [0.25, 0.3) is 11.8 Å². The van der Waals surface area contributed by atoms with Gasteiger partial charge in [0.1, 0.15) is 6.10 Å². The topological polar surface area (TPSA) is 57.1 Å². The monoisotopic (exact) mass is 413 g/mol. The summed E-state index contributed by atoms with van der Waals surface area (Å²) >= 11 is 0.954. The number of nitrogens with zero attached hydrogens (tertiary/aromatic N) is 3. The van der Waals surface area contributed by atoms with Gasteiger partial charge < -0.3 is 9.47 Å². The van der Waals surface area contributed by atoms with Crippen molar-refractivity contribution in [3.63, 3.8) is 0 Å². The molecule has 2 aromatic heterocycles. The summed E-state index contributed by atoms with van der Waals surface area (Å²) in [4.78, 5) is 4.44. The van der Waals surface area contributed by atoms with Crippen LogP contribution < -0.4 is 9.47 Å². The molecule has 4 rings (SSSR count). The summed E-state index contributed by atoms with van der Waals surface area (Å²) in [7, 11) is 0. The predicted octanol–water partition coefficient (Wildman–Crippen LogP) is 4.69. The van der Waals surface area contributed by atoms with Gasteiger partial charge in [-0.25, -0.2) is 0 Å². The van der Waals surface area contributed by atoms with Gasteiger partial charge in [-0.3, -0.25) is 4.98 Å². The molecule has 2 bridgehead atoms. The van der Waals surface area contributed by atoms with Crippen LogP contribution in [0.2, 0.25) is 0 Å². The van der Waals surface area contributed by atoms with Crippen LogP contribution in [0.5, 0.6) is 11.8 Å². The summed E-state index contributed by atoms with van der Waals surface area (Å²) in [6.07, 6.45) is 0.969. The summed E-state index contributed by atoms with van der Waals surface area (Å²) < 4.78 is 56.4. The zero-order chi connectivity index (χ0) is 19.6. The first-order valence-electron chi connectivity index (χ1n) is 9.56. The Morgan fingerprint density at radius 1 is 1.11 bits per heavy atom. The lowest BCUT2D eigenvalue weighted by atomic mass is 9.83. The second kappa shape index (κ2) is 8.23. The van der Waals surface area contributed by atoms with Crippen molar-refractivity contribution in [3.05, 3.63) is 30.1 Å². The lowest BCUT2D eigenvalue weighted by Gasteiger charge is -2.29. The molecule has 0 aromatic carbocycles. The van der Waals surface area contributed by atoms with E-state index in [-0.39, 0.29) is 25.0 Å². The van der Waals surface area contributed by atoms with Crippen LogP contribution in [-0.2, 0) is 6.42 Å². The molecule has 4 atom stereocenters. The van der Waals surface area contributed by atoms with E-state index in [0.717, 1.165) is 36.7 Å². The molecule has 2 saturated carbocycles. The molecule has 28 heavy (non-hydrogen) atoms. The minimum absolute atomic E-state index is 0.0499. The largest absolute Gasteiger partial charge is 0.473 e. The molecule has 0 radical (unpaired) electrons. The number of aromatic nitrogens is 3. The van der Waals surface area contributed by atoms with Crippen LogP contribution in [0.1, 0.15) is 37.8 Å². The Balaban J connectivity index is 1.32. The number of alkyl halides is 3. The highest BCUT2D eigenvalue weighted by atomic mass is 32.1. The van der Waals surface area contributed by atoms with Crippen molar-refractivity contribution in [3.8, 4) is 11.8 Å². The van der Waals surface area contributed by atoms with Crippen molar-refractivity contribution in [2.45, 2.75) is 50.8 Å². The summed E-state index contributed by atoms with van der Waals surface area (Å²) in [5, 5.41) is 0. The second-order valence-corrected chi connectivity index (χ2v) is 8.15. The van der Waals surface area contributed by atoms with Gasteiger partial charge >= 0.3 is 6.18 Å². The average Bonchev–Trinajstić information content (AvgIpc) is 3.35. The minimum Gasteiger partial charge on any atom is -0.473 e. The fourth-order valence-corrected chi connectivity index (χ4v) is 4.94. The van der Waals surface area contributed by atoms with Gasteiger partial charge in [0.05, 0.1) is 18.3 Å². The Kier molecular flexibility index (Phi) is 5.70. The summed E-state index contributed by atoms with van der Waals surface area (Å²) in [6, 6.07) is 5.98. The van der Waals surface area contributed by atoms with Gasteiger partial charge in [0.2, 0.25) is 0 Å². The maximum atomic E-state index is 12.2. The highest BCUT2D eigenvalue weighted by Gasteiger charge is 2.47. The molecule has 2 heterocycles. The van der Waals surface area contributed by atoms with E-state index in [1.165, 1.54) is 6.42 Å². The van der Waals surface area contributed by atoms with E-state index in [1.54, 1.807) is 0 Å². The summed E-state index contributed by atoms with van der Waals surface area (Å²) in [6.45, 7) is -0.0553. The number of pyridine rings is 1. The molecule has 2 aliphatic carbocycles. The van der Waals surface area contributed by atoms with Gasteiger partial charge in [-0.1, -0.05) is 6.07 Å². The predicted molar refractivity (Wildman–Crippen MR) is 97.4 cm³/mol. The van der Waals surface area contributed by atoms with Crippen LogP contribution in [0, 0.1) is 17.8 Å². The number of halogens is 3. The van der Waals surface area contributed by atoms with E-state index < -0.39 is 12.6 Å². The molecule has 0 N–H and O–H groups in total. The Hall–Kier alpha value is -1.90. The third kappa shape index (κ3) is 4.74. The first-order chi connectivity index (χ1) is 13.5. The van der Waals surface area contributed by atoms with E-state index in [9.17, 15) is 13.2 Å². The first-order valence-corrected chi connectivity index (χ1v) is 10.3. The van der Waals surface area contributed by atoms with Crippen molar-refractivity contribution < 1.29 is 22.6 Å². The molecule has 0 aliphatic heterocycles. The van der Waals surface area contributed by atoms with Crippen LogP contribution >= 0.6 is 11.7 Å². The minimum atomic E-state index is -4.17. The standard InChI is InChI=1S/C19H22F3N3O2S/c20-19(21,22)5-3-7-26-17-18(25-28-24-17)27-16-10-12-8-13(15(16)9-12)11-14-4-1-2-6-23-14/h1-2,4,6,12-13,15-16H,3,5,7-11H2. The van der Waals surface area contributed by atoms with Gasteiger partial charge in [0, 0.05) is 18.3 Å². The molecule has 2 aromatic rings. The second-order valence-electron chi connectivity index (χ2n) is 7.62. The van der Waals surface area contributed by atoms with Crippen molar-refractivity contribution in [2.24, 2.45) is 17.8 Å². The van der Waals surface area contributed by atoms with Gasteiger partial charge in [0.15, 0.2) is 0 Å². The number of hydrogen-bond acceptors (Lipinski definition) is 6. The molecule has 0 amide bonds. The third-order valence-electron chi connectivity index (χ3n) is 5.62. The molecule has 152 valence electrons. The molecule has 0 saturated heterocycles. The Morgan fingerprint density at radius 2 is 1.96 bits per heavy atom. The number of ether oxygens (including phenoxy) is 2. The average molecular weight is 413 g/mol. The van der Waals surface area contributed by atoms with E-state index >= 15 is 0 Å². The van der Waals surface area contributed by atoms with Crippen molar-refractivity contribution in [2.75, 3.05) is 6.61 Å². The van der Waals surface area contributed by atoms with Gasteiger partial charge in [-0.2, -0.15) is 13.2 Å². The number of rotatable bonds is 8. The molecule has 9 heteroatoms. The first kappa shape index (κ1) is 19.4. The van der Waals surface area contributed by atoms with Crippen LogP contribution in [0.3, 0.4) is 0 Å². The normalized spacial score (nSPS) is 26.5. The SMILES string of the molecule is FC(F)(F)CCCOc1nsnc1OC1CC2CC(Cc3ccccn3)C1C2. The molecule has 4 unspecified atom stereocenters. The number of fused-ring (bicyclic) bond motifs is 2. The Labute approximate surface area is 165 Å². The molecule has 2 fully saturated rings. The van der Waals surface area contributed by atoms with Crippen molar-refractivity contribution in [1.82, 2.24) is 13.7 Å². The molecule has 0 spiro atoms. The van der Waals surface area contributed by atoms with Crippen LogP contribution in [-0.4, -0.2) is 32.6 Å². The maximum Gasteiger partial charge on any atom is 0.389 e. The maximum absolute atomic E-state index is 12.2. The zero-order valence-electron chi connectivity index (χ0n) is 15.3. The van der Waals surface area contributed by atoms with E-state index in [4.69, 9.17) is 9.47 Å². The van der Waals surface area contributed by atoms with Crippen molar-refractivity contribution in [1.29, 1.82) is 0 Å². The molecular weight excluding hydrogens is 391 g/mol. The van der Waals surface area contributed by atoms with Crippen LogP contribution in [0.25, 0.3) is 0 Å². The Morgan fingerprint density at radius 3 is 2.71 bits per heavy atom. The van der Waals surface area contributed by atoms with Gasteiger partial charge in [-0.15, -0.1) is 8.75 Å². The van der Waals surface area contributed by atoms with E-state index in [2.05, 4.69) is 19.8 Å². The van der Waals surface area contributed by atoms with Crippen LogP contribution in [0.15, 0.2) is 24.4 Å². The van der Waals surface area contributed by atoms with Crippen LogP contribution in [0.4, 0.5) is 13.2 Å².